The van der Waals surface area contributed by atoms with Crippen LogP contribution in [0.15, 0.2) is 24.5 Å². The van der Waals surface area contributed by atoms with Crippen LogP contribution < -0.4 is 0 Å². The smallest absolute Gasteiger partial charge is 0.333 e. The van der Waals surface area contributed by atoms with Gasteiger partial charge in [-0.25, -0.2) is 4.98 Å². The van der Waals surface area contributed by atoms with Crippen LogP contribution in [0.5, 0.6) is 0 Å². The first-order valence-corrected chi connectivity index (χ1v) is 8.54. The van der Waals surface area contributed by atoms with E-state index in [1.165, 1.54) is 23.1 Å². The molecule has 0 N–H and O–H groups in total. The Bertz CT molecular complexity index is 805. The Morgan fingerprint density at radius 2 is 1.69 bits per heavy atom. The maximum atomic E-state index is 13.8. The second kappa shape index (κ2) is 7.12. The molecule has 0 bridgehead atoms. The minimum absolute atomic E-state index is 0.0696. The van der Waals surface area contributed by atoms with E-state index in [0.29, 0.717) is 0 Å². The van der Waals surface area contributed by atoms with E-state index < -0.39 is 29.0 Å². The summed E-state index contributed by atoms with van der Waals surface area (Å²) in [5, 5.41) is 0.346. The lowest BCUT2D eigenvalue weighted by Gasteiger charge is -2.34. The molecule has 1 amide bonds. The number of imidazole rings is 1. The van der Waals surface area contributed by atoms with Crippen LogP contribution in [0.3, 0.4) is 0 Å². The normalized spacial score (nSPS) is 12.3. The fourth-order valence-corrected chi connectivity index (χ4v) is 3.21. The van der Waals surface area contributed by atoms with Crippen molar-refractivity contribution in [2.75, 3.05) is 6.54 Å². The Kier molecular flexibility index (Phi) is 5.63. The number of halogens is 5. The summed E-state index contributed by atoms with van der Waals surface area (Å²) in [6, 6.07) is 4.04. The fourth-order valence-electron chi connectivity index (χ4n) is 2.70. The lowest BCUT2D eigenvalue weighted by atomic mass is 10.1. The van der Waals surface area contributed by atoms with Crippen molar-refractivity contribution in [2.24, 2.45) is 0 Å². The first kappa shape index (κ1) is 20.6. The molecule has 1 aromatic carbocycles. The van der Waals surface area contributed by atoms with Crippen molar-refractivity contribution >= 4 is 29.1 Å². The molecule has 142 valence electrons. The molecule has 4 nitrogen and oxygen atoms in total. The van der Waals surface area contributed by atoms with Crippen LogP contribution in [0.25, 0.3) is 5.69 Å². The third-order valence-electron chi connectivity index (χ3n) is 3.74. The van der Waals surface area contributed by atoms with E-state index in [-0.39, 0.29) is 22.3 Å². The molecule has 0 spiro atoms. The monoisotopic (exact) mass is 407 g/mol. The molecule has 2 aromatic rings. The zero-order valence-electron chi connectivity index (χ0n) is 14.7. The lowest BCUT2D eigenvalue weighted by molar-refractivity contribution is -0.142. The van der Waals surface area contributed by atoms with E-state index in [0.717, 1.165) is 10.9 Å². The van der Waals surface area contributed by atoms with Gasteiger partial charge in [0.15, 0.2) is 11.4 Å². The molecule has 0 saturated carbocycles. The van der Waals surface area contributed by atoms with Gasteiger partial charge in [0.05, 0.1) is 5.69 Å². The van der Waals surface area contributed by atoms with Crippen LogP contribution in [-0.2, 0) is 6.18 Å². The van der Waals surface area contributed by atoms with Gasteiger partial charge in [-0.15, -0.1) is 0 Å². The topological polar surface area (TPSA) is 38.1 Å². The molecule has 0 aliphatic heterocycles. The molecular weight excluding hydrogens is 390 g/mol. The van der Waals surface area contributed by atoms with E-state index in [4.69, 9.17) is 23.2 Å². The Morgan fingerprint density at radius 1 is 1.15 bits per heavy atom. The SMILES string of the molecule is CCN(C(=O)c1ncn(-c2cc(Cl)cc(Cl)c2)c1C(F)(F)F)C(C)(C)C. The van der Waals surface area contributed by atoms with Crippen molar-refractivity contribution < 1.29 is 18.0 Å². The highest BCUT2D eigenvalue weighted by Gasteiger charge is 2.42. The third-order valence-corrected chi connectivity index (χ3v) is 4.17. The van der Waals surface area contributed by atoms with Crippen LogP contribution in [-0.4, -0.2) is 32.4 Å². The molecule has 0 unspecified atom stereocenters. The summed E-state index contributed by atoms with van der Waals surface area (Å²) in [7, 11) is 0. The van der Waals surface area contributed by atoms with E-state index >= 15 is 0 Å². The average Bonchev–Trinajstić information content (AvgIpc) is 2.90. The van der Waals surface area contributed by atoms with Crippen molar-refractivity contribution in [1.82, 2.24) is 14.5 Å². The summed E-state index contributed by atoms with van der Waals surface area (Å²) in [4.78, 5) is 17.9. The number of carbonyl (C=O) groups excluding carboxylic acids is 1. The van der Waals surface area contributed by atoms with Gasteiger partial charge in [0.1, 0.15) is 6.33 Å². The van der Waals surface area contributed by atoms with Crippen LogP contribution in [0, 0.1) is 0 Å². The Balaban J connectivity index is 2.67. The van der Waals surface area contributed by atoms with Gasteiger partial charge < -0.3 is 4.90 Å². The molecule has 0 saturated heterocycles. The van der Waals surface area contributed by atoms with Crippen LogP contribution >= 0.6 is 23.2 Å². The largest absolute Gasteiger partial charge is 0.434 e. The average molecular weight is 408 g/mol. The minimum atomic E-state index is -4.80. The van der Waals surface area contributed by atoms with Crippen molar-refractivity contribution in [3.05, 3.63) is 46.0 Å². The van der Waals surface area contributed by atoms with Gasteiger partial charge in [-0.3, -0.25) is 9.36 Å². The first-order chi connectivity index (χ1) is 11.9. The molecule has 9 heteroatoms. The number of amides is 1. The van der Waals surface area contributed by atoms with Gasteiger partial charge in [-0.2, -0.15) is 13.2 Å². The van der Waals surface area contributed by atoms with E-state index in [9.17, 15) is 18.0 Å². The molecule has 26 heavy (non-hydrogen) atoms. The van der Waals surface area contributed by atoms with Crippen LogP contribution in [0.1, 0.15) is 43.9 Å². The second-order valence-corrected chi connectivity index (χ2v) is 7.53. The van der Waals surface area contributed by atoms with E-state index in [1.54, 1.807) is 27.7 Å². The molecule has 0 radical (unpaired) electrons. The Labute approximate surface area is 159 Å². The summed E-state index contributed by atoms with van der Waals surface area (Å²) in [5.74, 6) is -0.792. The number of nitrogens with zero attached hydrogens (tertiary/aromatic N) is 3. The van der Waals surface area contributed by atoms with Crippen molar-refractivity contribution in [2.45, 2.75) is 39.4 Å². The summed E-state index contributed by atoms with van der Waals surface area (Å²) >= 11 is 11.8. The summed E-state index contributed by atoms with van der Waals surface area (Å²) < 4.78 is 42.0. The zero-order valence-corrected chi connectivity index (χ0v) is 16.2. The lowest BCUT2D eigenvalue weighted by Crippen LogP contribution is -2.46. The highest BCUT2D eigenvalue weighted by molar-refractivity contribution is 6.34. The van der Waals surface area contributed by atoms with Crippen molar-refractivity contribution in [1.29, 1.82) is 0 Å². The molecule has 2 rings (SSSR count). The molecule has 1 aromatic heterocycles. The Morgan fingerprint density at radius 3 is 2.12 bits per heavy atom. The van der Waals surface area contributed by atoms with E-state index in [1.807, 2.05) is 0 Å². The quantitative estimate of drug-likeness (QED) is 0.677. The molecule has 1 heterocycles. The molecule has 0 fully saturated rings. The predicted octanol–water partition coefficient (Wildman–Crippen LogP) is 5.46. The van der Waals surface area contributed by atoms with Crippen LogP contribution in [0.4, 0.5) is 13.2 Å². The second-order valence-electron chi connectivity index (χ2n) is 6.66. The standard InChI is InChI=1S/C17H18Cl2F3N3O/c1-5-25(16(2,3)4)15(26)13-14(17(20,21)22)24(9-23-13)12-7-10(18)6-11(19)8-12/h6-9H,5H2,1-4H3. The summed E-state index contributed by atoms with van der Waals surface area (Å²) in [5.41, 5.74) is -2.41. The highest BCUT2D eigenvalue weighted by Crippen LogP contribution is 2.35. The summed E-state index contributed by atoms with van der Waals surface area (Å²) in [6.45, 7) is 7.18. The number of hydrogen-bond donors (Lipinski definition) is 0. The number of carbonyl (C=O) groups is 1. The van der Waals surface area contributed by atoms with Crippen molar-refractivity contribution in [3.8, 4) is 5.69 Å². The zero-order chi connectivity index (χ0) is 19.9. The number of aromatic nitrogens is 2. The number of alkyl halides is 3. The van der Waals surface area contributed by atoms with Gasteiger partial charge in [-0.05, 0) is 45.9 Å². The van der Waals surface area contributed by atoms with Gasteiger partial charge >= 0.3 is 6.18 Å². The molecule has 0 aliphatic rings. The number of rotatable bonds is 3. The predicted molar refractivity (Wildman–Crippen MR) is 95.0 cm³/mol. The Hall–Kier alpha value is -1.73. The van der Waals surface area contributed by atoms with Gasteiger partial charge in [0.25, 0.3) is 5.91 Å². The molecule has 0 atom stereocenters. The van der Waals surface area contributed by atoms with Crippen LogP contribution in [0.2, 0.25) is 10.0 Å². The first-order valence-electron chi connectivity index (χ1n) is 7.79. The van der Waals surface area contributed by atoms with Gasteiger partial charge in [0.2, 0.25) is 0 Å². The summed E-state index contributed by atoms with van der Waals surface area (Å²) in [6.07, 6.45) is -3.85. The van der Waals surface area contributed by atoms with Gasteiger partial charge in [0, 0.05) is 22.1 Å². The minimum Gasteiger partial charge on any atom is -0.333 e. The molecular formula is C17H18Cl2F3N3O. The highest BCUT2D eigenvalue weighted by atomic mass is 35.5. The maximum absolute atomic E-state index is 13.8. The number of benzene rings is 1. The van der Waals surface area contributed by atoms with E-state index in [2.05, 4.69) is 4.98 Å². The fraction of sp³-hybridized carbons (Fsp3) is 0.412. The third kappa shape index (κ3) is 4.15. The maximum Gasteiger partial charge on any atom is 0.434 e. The number of hydrogen-bond acceptors (Lipinski definition) is 2. The van der Waals surface area contributed by atoms with Crippen molar-refractivity contribution in [3.63, 3.8) is 0 Å². The van der Waals surface area contributed by atoms with Gasteiger partial charge in [-0.1, -0.05) is 23.2 Å². The molecule has 0 aliphatic carbocycles.